The number of allylic oxidation sites excluding steroid dienone is 1. The quantitative estimate of drug-likeness (QED) is 0.861. The number of imide groups is 1. The van der Waals surface area contributed by atoms with E-state index in [1.807, 2.05) is 43.3 Å². The van der Waals surface area contributed by atoms with Crippen LogP contribution in [0.15, 0.2) is 41.3 Å². The van der Waals surface area contributed by atoms with Gasteiger partial charge in [-0.05, 0) is 58.8 Å². The van der Waals surface area contributed by atoms with Crippen LogP contribution in [0.4, 0.5) is 4.79 Å². The maximum absolute atomic E-state index is 11.7. The van der Waals surface area contributed by atoms with E-state index < -0.39 is 0 Å². The minimum atomic E-state index is -0.322. The fourth-order valence-electron chi connectivity index (χ4n) is 2.28. The van der Waals surface area contributed by atoms with Gasteiger partial charge in [0.2, 0.25) is 0 Å². The van der Waals surface area contributed by atoms with E-state index in [2.05, 4.69) is 5.32 Å². The summed E-state index contributed by atoms with van der Waals surface area (Å²) in [4.78, 5) is 23.5. The molecule has 5 heteroatoms. The van der Waals surface area contributed by atoms with Crippen molar-refractivity contribution in [2.75, 3.05) is 7.11 Å². The lowest BCUT2D eigenvalue weighted by atomic mass is 10.0. The molecule has 0 spiro atoms. The molecule has 2 aromatic rings. The molecule has 0 atom stereocenters. The molecule has 0 unspecified atom stereocenters. The van der Waals surface area contributed by atoms with Crippen LogP contribution in [-0.2, 0) is 4.79 Å². The first kappa shape index (κ1) is 13.7. The highest BCUT2D eigenvalue weighted by Gasteiger charge is 2.27. The van der Waals surface area contributed by atoms with Crippen molar-refractivity contribution in [1.82, 2.24) is 5.32 Å². The fourth-order valence-corrected chi connectivity index (χ4v) is 3.02. The van der Waals surface area contributed by atoms with Crippen molar-refractivity contribution >= 4 is 39.3 Å². The summed E-state index contributed by atoms with van der Waals surface area (Å²) in [7, 11) is 1.64. The number of hydrogen-bond acceptors (Lipinski definition) is 4. The first-order valence-corrected chi connectivity index (χ1v) is 7.22. The van der Waals surface area contributed by atoms with Gasteiger partial charge in [0, 0.05) is 0 Å². The Balaban J connectivity index is 2.07. The highest BCUT2D eigenvalue weighted by Crippen LogP contribution is 2.33. The number of thioether (sulfide) groups is 1. The first-order chi connectivity index (χ1) is 10.1. The molecule has 3 rings (SSSR count). The number of methoxy groups -OCH3 is 1. The monoisotopic (exact) mass is 299 g/mol. The van der Waals surface area contributed by atoms with Crippen LogP contribution >= 0.6 is 11.8 Å². The van der Waals surface area contributed by atoms with Crippen molar-refractivity contribution in [3.8, 4) is 5.75 Å². The van der Waals surface area contributed by atoms with Crippen LogP contribution in [0.3, 0.4) is 0 Å². The van der Waals surface area contributed by atoms with E-state index in [-0.39, 0.29) is 11.1 Å². The molecule has 21 heavy (non-hydrogen) atoms. The van der Waals surface area contributed by atoms with E-state index in [0.717, 1.165) is 39.4 Å². The topological polar surface area (TPSA) is 55.4 Å². The number of carbonyl (C=O) groups is 2. The molecule has 106 valence electrons. The van der Waals surface area contributed by atoms with Crippen LogP contribution in [0, 0.1) is 0 Å². The molecule has 1 saturated heterocycles. The molecular weight excluding hydrogens is 286 g/mol. The molecule has 1 fully saturated rings. The average molecular weight is 299 g/mol. The SMILES string of the molecule is COc1ccc2cc(/C(C)=C3\SC(=O)NC3=O)ccc2c1. The summed E-state index contributed by atoms with van der Waals surface area (Å²) >= 11 is 0.948. The van der Waals surface area contributed by atoms with Gasteiger partial charge in [-0.1, -0.05) is 18.2 Å². The number of benzene rings is 2. The fraction of sp³-hybridized carbons (Fsp3) is 0.125. The van der Waals surface area contributed by atoms with Crippen molar-refractivity contribution in [2.24, 2.45) is 0 Å². The third kappa shape index (κ3) is 2.52. The third-order valence-corrected chi connectivity index (χ3v) is 4.42. The van der Waals surface area contributed by atoms with Gasteiger partial charge in [0.1, 0.15) is 5.75 Å². The van der Waals surface area contributed by atoms with Crippen LogP contribution in [0.2, 0.25) is 0 Å². The maximum Gasteiger partial charge on any atom is 0.290 e. The van der Waals surface area contributed by atoms with Gasteiger partial charge in [0.15, 0.2) is 0 Å². The Hall–Kier alpha value is -2.27. The number of ether oxygens (including phenoxy) is 1. The lowest BCUT2D eigenvalue weighted by Crippen LogP contribution is -2.18. The lowest BCUT2D eigenvalue weighted by molar-refractivity contribution is -0.115. The van der Waals surface area contributed by atoms with Crippen LogP contribution in [0.1, 0.15) is 12.5 Å². The second kappa shape index (κ2) is 5.26. The Morgan fingerprint density at radius 2 is 1.81 bits per heavy atom. The minimum Gasteiger partial charge on any atom is -0.497 e. The molecule has 0 aliphatic carbocycles. The van der Waals surface area contributed by atoms with Crippen molar-refractivity contribution in [2.45, 2.75) is 6.92 Å². The predicted octanol–water partition coefficient (Wildman–Crippen LogP) is 3.56. The zero-order valence-electron chi connectivity index (χ0n) is 11.6. The summed E-state index contributed by atoms with van der Waals surface area (Å²) < 4.78 is 5.20. The van der Waals surface area contributed by atoms with Gasteiger partial charge in [-0.15, -0.1) is 0 Å². The summed E-state index contributed by atoms with van der Waals surface area (Å²) in [5.41, 5.74) is 1.74. The number of nitrogens with one attached hydrogen (secondary N) is 1. The molecule has 1 N–H and O–H groups in total. The summed E-state index contributed by atoms with van der Waals surface area (Å²) in [6, 6.07) is 11.8. The summed E-state index contributed by atoms with van der Waals surface area (Å²) in [5, 5.41) is 4.08. The number of hydrogen-bond donors (Lipinski definition) is 1. The van der Waals surface area contributed by atoms with Gasteiger partial charge in [-0.3, -0.25) is 14.9 Å². The molecule has 0 aromatic heterocycles. The maximum atomic E-state index is 11.7. The van der Waals surface area contributed by atoms with Crippen molar-refractivity contribution in [1.29, 1.82) is 0 Å². The predicted molar refractivity (Wildman–Crippen MR) is 84.2 cm³/mol. The Kier molecular flexibility index (Phi) is 3.43. The first-order valence-electron chi connectivity index (χ1n) is 6.40. The molecule has 2 amide bonds. The summed E-state index contributed by atoms with van der Waals surface area (Å²) in [5.74, 6) is 0.485. The van der Waals surface area contributed by atoms with E-state index in [9.17, 15) is 9.59 Å². The van der Waals surface area contributed by atoms with Gasteiger partial charge >= 0.3 is 0 Å². The standard InChI is InChI=1S/C16H13NO3S/c1-9(14-15(18)17-16(19)21-14)10-3-4-12-8-13(20-2)6-5-11(12)7-10/h3-8H,1-2H3,(H,17,18,19)/b14-9-. The molecule has 1 aliphatic heterocycles. The zero-order valence-corrected chi connectivity index (χ0v) is 12.4. The Bertz CT molecular complexity index is 795. The number of rotatable bonds is 2. The van der Waals surface area contributed by atoms with E-state index in [1.165, 1.54) is 0 Å². The van der Waals surface area contributed by atoms with Crippen LogP contribution in [0.5, 0.6) is 5.75 Å². The van der Waals surface area contributed by atoms with E-state index >= 15 is 0 Å². The van der Waals surface area contributed by atoms with Gasteiger partial charge in [0.25, 0.3) is 11.1 Å². The van der Waals surface area contributed by atoms with Crippen LogP contribution in [-0.4, -0.2) is 18.3 Å². The summed E-state index contributed by atoms with van der Waals surface area (Å²) in [6.07, 6.45) is 0. The Morgan fingerprint density at radius 3 is 2.48 bits per heavy atom. The zero-order chi connectivity index (χ0) is 15.0. The van der Waals surface area contributed by atoms with E-state index in [4.69, 9.17) is 4.74 Å². The third-order valence-electron chi connectivity index (χ3n) is 3.44. The van der Waals surface area contributed by atoms with Crippen molar-refractivity contribution in [3.05, 3.63) is 46.9 Å². The molecule has 0 saturated carbocycles. The highest BCUT2D eigenvalue weighted by molar-refractivity contribution is 8.18. The molecular formula is C16H13NO3S. The highest BCUT2D eigenvalue weighted by atomic mass is 32.2. The Morgan fingerprint density at radius 1 is 1.10 bits per heavy atom. The van der Waals surface area contributed by atoms with Crippen molar-refractivity contribution in [3.63, 3.8) is 0 Å². The second-order valence-corrected chi connectivity index (χ2v) is 5.71. The molecule has 2 aromatic carbocycles. The number of carbonyl (C=O) groups excluding carboxylic acids is 2. The van der Waals surface area contributed by atoms with Gasteiger partial charge < -0.3 is 4.74 Å². The minimum absolute atomic E-state index is 0.320. The number of amides is 2. The molecule has 1 aliphatic rings. The van der Waals surface area contributed by atoms with Crippen LogP contribution in [0.25, 0.3) is 16.3 Å². The largest absolute Gasteiger partial charge is 0.497 e. The second-order valence-electron chi connectivity index (χ2n) is 4.73. The van der Waals surface area contributed by atoms with Gasteiger partial charge in [-0.2, -0.15) is 0 Å². The van der Waals surface area contributed by atoms with Gasteiger partial charge in [0.05, 0.1) is 12.0 Å². The molecule has 4 nitrogen and oxygen atoms in total. The smallest absolute Gasteiger partial charge is 0.290 e. The lowest BCUT2D eigenvalue weighted by Gasteiger charge is -2.07. The van der Waals surface area contributed by atoms with Crippen molar-refractivity contribution < 1.29 is 14.3 Å². The van der Waals surface area contributed by atoms with Gasteiger partial charge in [-0.25, -0.2) is 0 Å². The van der Waals surface area contributed by atoms with E-state index in [1.54, 1.807) is 7.11 Å². The van der Waals surface area contributed by atoms with E-state index in [0.29, 0.717) is 4.91 Å². The average Bonchev–Trinajstić information content (AvgIpc) is 2.84. The molecule has 0 bridgehead atoms. The Labute approximate surface area is 126 Å². The number of fused-ring (bicyclic) bond motifs is 1. The molecule has 0 radical (unpaired) electrons. The summed E-state index contributed by atoms with van der Waals surface area (Å²) in [6.45, 7) is 1.85. The molecule has 1 heterocycles. The van der Waals surface area contributed by atoms with Crippen LogP contribution < -0.4 is 10.1 Å². The normalized spacial score (nSPS) is 17.0.